The normalized spacial score (nSPS) is 14.8. The van der Waals surface area contributed by atoms with Gasteiger partial charge >= 0.3 is 0 Å². The molecule has 1 aliphatic heterocycles. The largest absolute Gasteiger partial charge is 0.380 e. The number of anilines is 2. The number of nitrogens with zero attached hydrogens (tertiary/aromatic N) is 3. The molecule has 0 amide bonds. The molecule has 1 aromatic heterocycles. The highest BCUT2D eigenvalue weighted by atomic mass is 19.2. The van der Waals surface area contributed by atoms with Crippen LogP contribution in [0.1, 0.15) is 13.3 Å². The fourth-order valence-electron chi connectivity index (χ4n) is 3.56. The van der Waals surface area contributed by atoms with Crippen LogP contribution in [-0.2, 0) is 14.2 Å². The zero-order chi connectivity index (χ0) is 24.9. The molecule has 2 aromatic rings. The third-order valence-corrected chi connectivity index (χ3v) is 5.38. The molecule has 0 radical (unpaired) electrons. The van der Waals surface area contributed by atoms with E-state index in [1.54, 1.807) is 13.2 Å². The Hall–Kier alpha value is -2.66. The molecule has 10 heteroatoms. The first-order valence-electron chi connectivity index (χ1n) is 12.0. The molecule has 1 aliphatic rings. The number of nitrogens with one attached hydrogen (secondary N) is 2. The molecule has 1 fully saturated rings. The minimum atomic E-state index is -0.913. The maximum Gasteiger partial charge on any atom is 0.159 e. The predicted molar refractivity (Wildman–Crippen MR) is 134 cm³/mol. The molecular weight excluding hydrogens is 456 g/mol. The van der Waals surface area contributed by atoms with Crippen LogP contribution in [0.15, 0.2) is 35.3 Å². The number of methoxy groups -OCH3 is 1. The van der Waals surface area contributed by atoms with Gasteiger partial charge in [0.15, 0.2) is 17.5 Å². The van der Waals surface area contributed by atoms with Crippen LogP contribution in [0, 0.1) is 11.6 Å². The van der Waals surface area contributed by atoms with Gasteiger partial charge in [-0.1, -0.05) is 6.92 Å². The Kier molecular flexibility index (Phi) is 11.3. The minimum Gasteiger partial charge on any atom is -0.380 e. The maximum absolute atomic E-state index is 13.8. The van der Waals surface area contributed by atoms with E-state index in [-0.39, 0.29) is 0 Å². The predicted octanol–water partition coefficient (Wildman–Crippen LogP) is 3.65. The molecule has 1 aromatic carbocycles. The summed E-state index contributed by atoms with van der Waals surface area (Å²) < 4.78 is 43.5. The van der Waals surface area contributed by atoms with Crippen molar-refractivity contribution in [2.24, 2.45) is 4.99 Å². The van der Waals surface area contributed by atoms with Gasteiger partial charge in [-0.15, -0.1) is 0 Å². The van der Waals surface area contributed by atoms with E-state index in [9.17, 15) is 8.78 Å². The van der Waals surface area contributed by atoms with Gasteiger partial charge in [0.2, 0.25) is 0 Å². The number of ether oxygens (including phenoxy) is 3. The van der Waals surface area contributed by atoms with Gasteiger partial charge in [0.25, 0.3) is 0 Å². The molecule has 0 spiro atoms. The number of aromatic nitrogens is 1. The van der Waals surface area contributed by atoms with Crippen LogP contribution in [0.2, 0.25) is 0 Å². The molecule has 192 valence electrons. The van der Waals surface area contributed by atoms with Gasteiger partial charge in [0.1, 0.15) is 12.4 Å². The molecule has 2 heterocycles. The highest BCUT2D eigenvalue weighted by molar-refractivity contribution is 5.98. The lowest BCUT2D eigenvalue weighted by atomic mass is 10.1. The van der Waals surface area contributed by atoms with Crippen LogP contribution >= 0.6 is 0 Å². The Morgan fingerprint density at radius 3 is 2.71 bits per heavy atom. The van der Waals surface area contributed by atoms with E-state index >= 15 is 0 Å². The summed E-state index contributed by atoms with van der Waals surface area (Å²) in [5.74, 6) is -0.572. The van der Waals surface area contributed by atoms with Gasteiger partial charge in [-0.25, -0.2) is 13.8 Å². The van der Waals surface area contributed by atoms with Crippen molar-refractivity contribution in [2.75, 3.05) is 83.5 Å². The van der Waals surface area contributed by atoms with E-state index in [4.69, 9.17) is 19.2 Å². The average molecular weight is 492 g/mol. The van der Waals surface area contributed by atoms with Crippen molar-refractivity contribution in [1.29, 1.82) is 0 Å². The number of amidine groups is 1. The Labute approximate surface area is 205 Å². The van der Waals surface area contributed by atoms with E-state index < -0.39 is 11.6 Å². The van der Waals surface area contributed by atoms with Crippen LogP contribution in [-0.4, -0.2) is 88.6 Å². The summed E-state index contributed by atoms with van der Waals surface area (Å²) in [6.07, 6.45) is 0.942. The van der Waals surface area contributed by atoms with E-state index in [2.05, 4.69) is 27.4 Å². The number of benzene rings is 1. The van der Waals surface area contributed by atoms with Crippen LogP contribution < -0.4 is 10.6 Å². The second-order valence-electron chi connectivity index (χ2n) is 8.10. The van der Waals surface area contributed by atoms with Crippen molar-refractivity contribution in [3.8, 4) is 11.3 Å². The number of hydrogen-bond donors (Lipinski definition) is 2. The average Bonchev–Trinajstić information content (AvgIpc) is 2.87. The number of hydrogen-bond acceptors (Lipinski definition) is 7. The lowest BCUT2D eigenvalue weighted by Gasteiger charge is -2.25. The standard InChI is InChI=1S/C25H35F2N5O3/c1-3-13-34-14-9-29-25-23(7-6-22(31-25)19-4-5-20(26)21(27)17-19)30-24(18-33-2)28-8-10-32-11-15-35-16-12-32/h4-7,17H,3,8-16,18H2,1-2H3,(H,28,30)(H,29,31). The molecule has 0 bridgehead atoms. The molecule has 2 N–H and O–H groups in total. The summed E-state index contributed by atoms with van der Waals surface area (Å²) in [7, 11) is 1.62. The summed E-state index contributed by atoms with van der Waals surface area (Å²) >= 11 is 0. The summed E-state index contributed by atoms with van der Waals surface area (Å²) in [4.78, 5) is 11.7. The van der Waals surface area contributed by atoms with Crippen molar-refractivity contribution in [1.82, 2.24) is 9.88 Å². The van der Waals surface area contributed by atoms with Crippen molar-refractivity contribution in [3.05, 3.63) is 42.0 Å². The third kappa shape index (κ3) is 8.81. The summed E-state index contributed by atoms with van der Waals surface area (Å²) in [5.41, 5.74) is 1.70. The number of morpholine rings is 1. The fraction of sp³-hybridized carbons (Fsp3) is 0.520. The van der Waals surface area contributed by atoms with Crippen LogP contribution in [0.3, 0.4) is 0 Å². The summed E-state index contributed by atoms with van der Waals surface area (Å²) in [6.45, 7) is 8.89. The van der Waals surface area contributed by atoms with E-state index in [0.717, 1.165) is 51.4 Å². The van der Waals surface area contributed by atoms with Crippen LogP contribution in [0.25, 0.3) is 11.3 Å². The molecular formula is C25H35F2N5O3. The SMILES string of the molecule is CCCOCCNc1nc(-c2ccc(F)c(F)c2)ccc1NC(COC)=NCCN1CCOCC1. The number of rotatable bonds is 13. The summed E-state index contributed by atoms with van der Waals surface area (Å²) in [6, 6.07) is 7.34. The van der Waals surface area contributed by atoms with E-state index in [0.29, 0.717) is 61.5 Å². The van der Waals surface area contributed by atoms with Gasteiger partial charge in [0, 0.05) is 45.5 Å². The quantitative estimate of drug-likeness (QED) is 0.252. The van der Waals surface area contributed by atoms with Crippen molar-refractivity contribution in [3.63, 3.8) is 0 Å². The first-order chi connectivity index (χ1) is 17.1. The van der Waals surface area contributed by atoms with Crippen LogP contribution in [0.5, 0.6) is 0 Å². The second kappa shape index (κ2) is 14.7. The van der Waals surface area contributed by atoms with E-state index in [1.165, 1.54) is 6.07 Å². The van der Waals surface area contributed by atoms with Gasteiger partial charge in [0.05, 0.1) is 37.7 Å². The Morgan fingerprint density at radius 2 is 1.97 bits per heavy atom. The molecule has 8 nitrogen and oxygen atoms in total. The smallest absolute Gasteiger partial charge is 0.159 e. The highest BCUT2D eigenvalue weighted by Gasteiger charge is 2.13. The van der Waals surface area contributed by atoms with Gasteiger partial charge in [-0.2, -0.15) is 0 Å². The lowest BCUT2D eigenvalue weighted by molar-refractivity contribution is 0.0394. The fourth-order valence-corrected chi connectivity index (χ4v) is 3.56. The van der Waals surface area contributed by atoms with Crippen molar-refractivity contribution in [2.45, 2.75) is 13.3 Å². The summed E-state index contributed by atoms with van der Waals surface area (Å²) in [5, 5.41) is 6.60. The van der Waals surface area contributed by atoms with Crippen molar-refractivity contribution >= 4 is 17.3 Å². The van der Waals surface area contributed by atoms with E-state index in [1.807, 2.05) is 6.07 Å². The highest BCUT2D eigenvalue weighted by Crippen LogP contribution is 2.26. The van der Waals surface area contributed by atoms with Gasteiger partial charge in [-0.3, -0.25) is 9.89 Å². The topological polar surface area (TPSA) is 80.2 Å². The zero-order valence-electron chi connectivity index (χ0n) is 20.5. The second-order valence-corrected chi connectivity index (χ2v) is 8.10. The molecule has 0 atom stereocenters. The number of aliphatic imine (C=N–C) groups is 1. The molecule has 3 rings (SSSR count). The maximum atomic E-state index is 13.8. The molecule has 35 heavy (non-hydrogen) atoms. The third-order valence-electron chi connectivity index (χ3n) is 5.38. The number of halogens is 2. The molecule has 0 unspecified atom stereocenters. The van der Waals surface area contributed by atoms with Crippen molar-refractivity contribution < 1.29 is 23.0 Å². The molecule has 0 aliphatic carbocycles. The monoisotopic (exact) mass is 491 g/mol. The first kappa shape index (κ1) is 26.9. The van der Waals surface area contributed by atoms with Crippen LogP contribution in [0.4, 0.5) is 20.3 Å². The Balaban J connectivity index is 1.75. The zero-order valence-corrected chi connectivity index (χ0v) is 20.5. The Bertz CT molecular complexity index is 955. The lowest BCUT2D eigenvalue weighted by Crippen LogP contribution is -2.38. The first-order valence-corrected chi connectivity index (χ1v) is 12.0. The Morgan fingerprint density at radius 1 is 1.14 bits per heavy atom. The minimum absolute atomic E-state index is 0.313. The van der Waals surface area contributed by atoms with Gasteiger partial charge in [-0.05, 0) is 36.8 Å². The van der Waals surface area contributed by atoms with Gasteiger partial charge < -0.3 is 24.8 Å². The molecule has 1 saturated heterocycles. The number of pyridine rings is 1. The molecule has 0 saturated carbocycles.